The van der Waals surface area contributed by atoms with Crippen LogP contribution in [0.1, 0.15) is 39.0 Å². The highest BCUT2D eigenvalue weighted by Crippen LogP contribution is 2.33. The van der Waals surface area contributed by atoms with Crippen molar-refractivity contribution in [3.05, 3.63) is 0 Å². The fraction of sp³-hybridized carbons (Fsp3) is 0.923. The largest absolute Gasteiger partial charge is 0.480 e. The van der Waals surface area contributed by atoms with E-state index in [1.54, 1.807) is 7.05 Å². The van der Waals surface area contributed by atoms with Crippen LogP contribution >= 0.6 is 0 Å². The van der Waals surface area contributed by atoms with Crippen molar-refractivity contribution in [1.29, 1.82) is 0 Å². The van der Waals surface area contributed by atoms with E-state index < -0.39 is 11.5 Å². The van der Waals surface area contributed by atoms with Gasteiger partial charge in [-0.1, -0.05) is 6.92 Å². The maximum atomic E-state index is 11.5. The molecule has 4 nitrogen and oxygen atoms in total. The molecule has 0 radical (unpaired) electrons. The Kier molecular flexibility index (Phi) is 3.73. The number of carboxylic acid groups (broad SMARTS) is 1. The zero-order valence-electron chi connectivity index (χ0n) is 10.9. The van der Waals surface area contributed by atoms with E-state index in [2.05, 4.69) is 17.1 Å². The Labute approximate surface area is 103 Å². The SMILES string of the molecule is CNC1(C(=O)O)CCCC(N2CCC(C)C2)C1. The lowest BCUT2D eigenvalue weighted by atomic mass is 9.78. The molecular formula is C13H24N2O2. The highest BCUT2D eigenvalue weighted by molar-refractivity contribution is 5.79. The van der Waals surface area contributed by atoms with Gasteiger partial charge in [-0.3, -0.25) is 4.79 Å². The van der Waals surface area contributed by atoms with Gasteiger partial charge in [0.15, 0.2) is 0 Å². The number of nitrogens with one attached hydrogen (secondary N) is 1. The molecule has 0 amide bonds. The van der Waals surface area contributed by atoms with Gasteiger partial charge in [-0.15, -0.1) is 0 Å². The number of carboxylic acids is 1. The van der Waals surface area contributed by atoms with Crippen molar-refractivity contribution in [2.75, 3.05) is 20.1 Å². The summed E-state index contributed by atoms with van der Waals surface area (Å²) < 4.78 is 0. The third-order valence-corrected chi connectivity index (χ3v) is 4.58. The number of likely N-dealkylation sites (N-methyl/N-ethyl adjacent to an activating group) is 1. The lowest BCUT2D eigenvalue weighted by molar-refractivity contribution is -0.147. The van der Waals surface area contributed by atoms with Crippen molar-refractivity contribution < 1.29 is 9.90 Å². The molecule has 3 unspecified atom stereocenters. The van der Waals surface area contributed by atoms with Gasteiger partial charge in [-0.25, -0.2) is 0 Å². The third kappa shape index (κ3) is 2.47. The molecule has 2 fully saturated rings. The van der Waals surface area contributed by atoms with E-state index in [1.165, 1.54) is 6.42 Å². The van der Waals surface area contributed by atoms with Gasteiger partial charge in [0, 0.05) is 12.6 Å². The minimum atomic E-state index is -0.686. The fourth-order valence-electron chi connectivity index (χ4n) is 3.39. The Bertz CT molecular complexity index is 295. The van der Waals surface area contributed by atoms with Crippen LogP contribution in [0.25, 0.3) is 0 Å². The molecule has 0 aromatic rings. The van der Waals surface area contributed by atoms with E-state index in [1.807, 2.05) is 0 Å². The summed E-state index contributed by atoms with van der Waals surface area (Å²) in [6.45, 7) is 4.57. The van der Waals surface area contributed by atoms with E-state index in [-0.39, 0.29) is 0 Å². The molecule has 1 saturated carbocycles. The average Bonchev–Trinajstić information content (AvgIpc) is 2.76. The molecule has 1 heterocycles. The molecule has 0 spiro atoms. The lowest BCUT2D eigenvalue weighted by Gasteiger charge is -2.41. The molecule has 2 N–H and O–H groups in total. The highest BCUT2D eigenvalue weighted by Gasteiger charge is 2.43. The lowest BCUT2D eigenvalue weighted by Crippen LogP contribution is -2.57. The Morgan fingerprint density at radius 3 is 2.76 bits per heavy atom. The zero-order chi connectivity index (χ0) is 12.5. The maximum Gasteiger partial charge on any atom is 0.323 e. The summed E-state index contributed by atoms with van der Waals surface area (Å²) in [5, 5.41) is 12.5. The summed E-state index contributed by atoms with van der Waals surface area (Å²) in [5.41, 5.74) is -0.686. The number of hydrogen-bond acceptors (Lipinski definition) is 3. The van der Waals surface area contributed by atoms with Crippen LogP contribution in [-0.4, -0.2) is 47.7 Å². The number of nitrogens with zero attached hydrogens (tertiary/aromatic N) is 1. The monoisotopic (exact) mass is 240 g/mol. The molecule has 4 heteroatoms. The standard InChI is InChI=1S/C13H24N2O2/c1-10-5-7-15(9-10)11-4-3-6-13(8-11,14-2)12(16)17/h10-11,14H,3-9H2,1-2H3,(H,16,17). The number of aliphatic carboxylic acids is 1. The molecule has 0 aromatic carbocycles. The summed E-state index contributed by atoms with van der Waals surface area (Å²) in [7, 11) is 1.78. The normalized spacial score (nSPS) is 39.4. The van der Waals surface area contributed by atoms with Gasteiger partial charge in [-0.2, -0.15) is 0 Å². The number of rotatable bonds is 3. The van der Waals surface area contributed by atoms with Crippen molar-refractivity contribution in [2.24, 2.45) is 5.92 Å². The first kappa shape index (κ1) is 12.8. The Hall–Kier alpha value is -0.610. The maximum absolute atomic E-state index is 11.5. The molecule has 2 aliphatic rings. The van der Waals surface area contributed by atoms with E-state index in [9.17, 15) is 9.90 Å². The van der Waals surface area contributed by atoms with Crippen LogP contribution in [0.2, 0.25) is 0 Å². The van der Waals surface area contributed by atoms with Gasteiger partial charge < -0.3 is 15.3 Å². The average molecular weight is 240 g/mol. The van der Waals surface area contributed by atoms with Crippen LogP contribution in [0.5, 0.6) is 0 Å². The Morgan fingerprint density at radius 1 is 1.47 bits per heavy atom. The van der Waals surface area contributed by atoms with Crippen LogP contribution in [0.3, 0.4) is 0 Å². The minimum Gasteiger partial charge on any atom is -0.480 e. The summed E-state index contributed by atoms with van der Waals surface area (Å²) in [5.74, 6) is 0.0858. The van der Waals surface area contributed by atoms with E-state index in [4.69, 9.17) is 0 Å². The molecule has 17 heavy (non-hydrogen) atoms. The minimum absolute atomic E-state index is 0.456. The number of carbonyl (C=O) groups is 1. The third-order valence-electron chi connectivity index (χ3n) is 4.58. The molecule has 0 aromatic heterocycles. The van der Waals surface area contributed by atoms with Gasteiger partial charge in [0.1, 0.15) is 5.54 Å². The second kappa shape index (κ2) is 4.94. The summed E-state index contributed by atoms with van der Waals surface area (Å²) >= 11 is 0. The van der Waals surface area contributed by atoms with Crippen LogP contribution in [0, 0.1) is 5.92 Å². The van der Waals surface area contributed by atoms with Crippen LogP contribution < -0.4 is 5.32 Å². The van der Waals surface area contributed by atoms with Crippen molar-refractivity contribution in [3.63, 3.8) is 0 Å². The first-order chi connectivity index (χ1) is 8.07. The Morgan fingerprint density at radius 2 is 2.24 bits per heavy atom. The molecule has 1 aliphatic carbocycles. The topological polar surface area (TPSA) is 52.6 Å². The van der Waals surface area contributed by atoms with Gasteiger partial charge >= 0.3 is 5.97 Å². The molecule has 2 rings (SSSR count). The number of hydrogen-bond donors (Lipinski definition) is 2. The molecule has 1 aliphatic heterocycles. The van der Waals surface area contributed by atoms with E-state index >= 15 is 0 Å². The van der Waals surface area contributed by atoms with Gasteiger partial charge in [-0.05, 0) is 51.6 Å². The van der Waals surface area contributed by atoms with Crippen LogP contribution in [-0.2, 0) is 4.79 Å². The van der Waals surface area contributed by atoms with E-state index in [0.717, 1.165) is 44.7 Å². The van der Waals surface area contributed by atoms with Gasteiger partial charge in [0.2, 0.25) is 0 Å². The smallest absolute Gasteiger partial charge is 0.323 e. The van der Waals surface area contributed by atoms with E-state index in [0.29, 0.717) is 6.04 Å². The predicted octanol–water partition coefficient (Wildman–Crippen LogP) is 1.31. The van der Waals surface area contributed by atoms with Crippen molar-refractivity contribution in [1.82, 2.24) is 10.2 Å². The first-order valence-corrected chi connectivity index (χ1v) is 6.74. The van der Waals surface area contributed by atoms with Gasteiger partial charge in [0.05, 0.1) is 0 Å². The van der Waals surface area contributed by atoms with Crippen molar-refractivity contribution in [2.45, 2.75) is 50.6 Å². The quantitative estimate of drug-likeness (QED) is 0.781. The zero-order valence-corrected chi connectivity index (χ0v) is 10.9. The predicted molar refractivity (Wildman–Crippen MR) is 67.0 cm³/mol. The molecule has 98 valence electrons. The van der Waals surface area contributed by atoms with Gasteiger partial charge in [0.25, 0.3) is 0 Å². The summed E-state index contributed by atoms with van der Waals surface area (Å²) in [4.78, 5) is 13.9. The second-order valence-corrected chi connectivity index (χ2v) is 5.78. The Balaban J connectivity index is 2.03. The van der Waals surface area contributed by atoms with Crippen molar-refractivity contribution in [3.8, 4) is 0 Å². The van der Waals surface area contributed by atoms with Crippen molar-refractivity contribution >= 4 is 5.97 Å². The highest BCUT2D eigenvalue weighted by atomic mass is 16.4. The number of likely N-dealkylation sites (tertiary alicyclic amines) is 1. The first-order valence-electron chi connectivity index (χ1n) is 6.74. The molecular weight excluding hydrogens is 216 g/mol. The second-order valence-electron chi connectivity index (χ2n) is 5.78. The summed E-state index contributed by atoms with van der Waals surface area (Å²) in [6, 6.07) is 0.456. The molecule has 0 bridgehead atoms. The van der Waals surface area contributed by atoms with Crippen LogP contribution in [0.15, 0.2) is 0 Å². The molecule has 1 saturated heterocycles. The summed E-state index contributed by atoms with van der Waals surface area (Å²) in [6.07, 6.45) is 4.95. The van der Waals surface area contributed by atoms with Crippen LogP contribution in [0.4, 0.5) is 0 Å². The molecule has 3 atom stereocenters. The fourth-order valence-corrected chi connectivity index (χ4v) is 3.39.